The fraction of sp³-hybridized carbons (Fsp3) is 0.905. The zero-order valence-electron chi connectivity index (χ0n) is 15.7. The number of fused-ring (bicyclic) bond motifs is 5. The minimum absolute atomic E-state index is 0.225. The number of ketones is 1. The summed E-state index contributed by atoms with van der Waals surface area (Å²) in [7, 11) is 0. The van der Waals surface area contributed by atoms with Crippen molar-refractivity contribution in [2.24, 2.45) is 40.4 Å². The number of rotatable bonds is 1. The van der Waals surface area contributed by atoms with Gasteiger partial charge < -0.3 is 5.32 Å². The van der Waals surface area contributed by atoms with Crippen molar-refractivity contribution in [2.45, 2.75) is 78.7 Å². The Balaban J connectivity index is 1.67. The number of nitrogens with one attached hydrogen (secondary N) is 1. The lowest BCUT2D eigenvalue weighted by atomic mass is 9.45. The van der Waals surface area contributed by atoms with Gasteiger partial charge in [0.15, 0.2) is 0 Å². The van der Waals surface area contributed by atoms with Gasteiger partial charge in [-0.15, -0.1) is 0 Å². The highest BCUT2D eigenvalue weighted by Gasteiger charge is 2.62. The molecule has 0 aromatic rings. The van der Waals surface area contributed by atoms with Crippen LogP contribution in [0, 0.1) is 40.4 Å². The van der Waals surface area contributed by atoms with E-state index in [0.29, 0.717) is 30.1 Å². The molecular weight excluding hydrogens is 298 g/mol. The maximum atomic E-state index is 12.2. The van der Waals surface area contributed by atoms with E-state index in [9.17, 15) is 9.59 Å². The molecule has 2 unspecified atom stereocenters. The van der Waals surface area contributed by atoms with Gasteiger partial charge in [0.25, 0.3) is 0 Å². The monoisotopic (exact) mass is 331 g/mol. The van der Waals surface area contributed by atoms with Crippen LogP contribution in [0.1, 0.15) is 72.6 Å². The summed E-state index contributed by atoms with van der Waals surface area (Å²) in [6.45, 7) is 9.07. The molecule has 0 bridgehead atoms. The van der Waals surface area contributed by atoms with E-state index in [1.807, 2.05) is 6.92 Å². The lowest BCUT2D eigenvalue weighted by molar-refractivity contribution is -0.146. The van der Waals surface area contributed by atoms with E-state index in [0.717, 1.165) is 31.1 Å². The van der Waals surface area contributed by atoms with E-state index in [2.05, 4.69) is 26.1 Å². The molecule has 1 amide bonds. The molecule has 3 aliphatic carbocycles. The smallest absolute Gasteiger partial charge is 0.220 e. The number of Topliss-reactive ketones (excluding diaryl/α,β-unsaturated/α-hetero) is 1. The minimum Gasteiger partial charge on any atom is -0.353 e. The summed E-state index contributed by atoms with van der Waals surface area (Å²) in [5.74, 6) is 3.77. The average Bonchev–Trinajstić information content (AvgIpc) is 2.86. The van der Waals surface area contributed by atoms with Crippen LogP contribution in [-0.4, -0.2) is 17.7 Å². The Morgan fingerprint density at radius 1 is 1.08 bits per heavy atom. The minimum atomic E-state index is 0.225. The van der Waals surface area contributed by atoms with E-state index >= 15 is 0 Å². The van der Waals surface area contributed by atoms with E-state index in [1.54, 1.807) is 0 Å². The fourth-order valence-electron chi connectivity index (χ4n) is 7.71. The molecular formula is C21H33NO2. The lowest BCUT2D eigenvalue weighted by Gasteiger charge is -2.62. The molecule has 0 aromatic carbocycles. The lowest BCUT2D eigenvalue weighted by Crippen LogP contribution is -2.63. The Bertz CT molecular complexity index is 572. The Kier molecular flexibility index (Phi) is 3.68. The Labute approximate surface area is 146 Å². The van der Waals surface area contributed by atoms with Crippen molar-refractivity contribution in [2.75, 3.05) is 0 Å². The number of piperidine rings is 1. The molecule has 4 rings (SSSR count). The first-order valence-electron chi connectivity index (χ1n) is 10.1. The van der Waals surface area contributed by atoms with Gasteiger partial charge in [-0.3, -0.25) is 9.59 Å². The van der Waals surface area contributed by atoms with E-state index in [1.165, 1.54) is 19.3 Å². The first-order chi connectivity index (χ1) is 11.3. The van der Waals surface area contributed by atoms with Crippen molar-refractivity contribution >= 4 is 11.7 Å². The average molecular weight is 332 g/mol. The third-order valence-electron chi connectivity index (χ3n) is 8.96. The number of carbonyl (C=O) groups is 2. The molecule has 3 saturated carbocycles. The first kappa shape index (κ1) is 16.6. The topological polar surface area (TPSA) is 46.2 Å². The molecule has 134 valence electrons. The largest absolute Gasteiger partial charge is 0.353 e. The van der Waals surface area contributed by atoms with Gasteiger partial charge in [0.05, 0.1) is 0 Å². The molecule has 24 heavy (non-hydrogen) atoms. The normalized spacial score (nSPS) is 53.6. The van der Waals surface area contributed by atoms with Crippen LogP contribution in [-0.2, 0) is 9.59 Å². The zero-order valence-corrected chi connectivity index (χ0v) is 15.7. The predicted octanol–water partition coefficient (Wildman–Crippen LogP) is 3.96. The van der Waals surface area contributed by atoms with Gasteiger partial charge in [-0.05, 0) is 80.0 Å². The third-order valence-corrected chi connectivity index (χ3v) is 8.96. The Morgan fingerprint density at radius 3 is 2.50 bits per heavy atom. The van der Waals surface area contributed by atoms with Crippen molar-refractivity contribution in [3.63, 3.8) is 0 Å². The highest BCUT2D eigenvalue weighted by atomic mass is 16.1. The second-order valence-corrected chi connectivity index (χ2v) is 9.91. The van der Waals surface area contributed by atoms with E-state index in [-0.39, 0.29) is 22.7 Å². The van der Waals surface area contributed by atoms with Gasteiger partial charge in [0.1, 0.15) is 5.78 Å². The molecule has 3 heteroatoms. The number of hydrogen-bond acceptors (Lipinski definition) is 2. The van der Waals surface area contributed by atoms with Crippen LogP contribution in [0.25, 0.3) is 0 Å². The van der Waals surface area contributed by atoms with Crippen LogP contribution in [0.2, 0.25) is 0 Å². The summed E-state index contributed by atoms with van der Waals surface area (Å²) in [5, 5.41) is 3.33. The highest BCUT2D eigenvalue weighted by Crippen LogP contribution is 2.66. The summed E-state index contributed by atoms with van der Waals surface area (Å²) >= 11 is 0. The number of carbonyl (C=O) groups excluding carboxylic acids is 2. The van der Waals surface area contributed by atoms with E-state index in [4.69, 9.17) is 0 Å². The van der Waals surface area contributed by atoms with Crippen LogP contribution >= 0.6 is 0 Å². The second-order valence-electron chi connectivity index (χ2n) is 9.91. The molecule has 4 fully saturated rings. The standard InChI is InChI=1S/C21H33NO2/c1-12-11-17-21(4,10-8-18(24)22-17)16-7-9-20(3)14(13(2)23)5-6-15(20)19(12)16/h12,14-17,19H,5-11H2,1-4H3,(H,22,24)/t12?,14-,15+,16+,17?,19+,20-,21-/m1/s1. The van der Waals surface area contributed by atoms with Crippen LogP contribution in [0.15, 0.2) is 0 Å². The zero-order chi connectivity index (χ0) is 17.3. The maximum Gasteiger partial charge on any atom is 0.220 e. The summed E-state index contributed by atoms with van der Waals surface area (Å²) in [6.07, 6.45) is 7.66. The van der Waals surface area contributed by atoms with Crippen molar-refractivity contribution in [3.8, 4) is 0 Å². The highest BCUT2D eigenvalue weighted by molar-refractivity contribution is 5.79. The Hall–Kier alpha value is -0.860. The molecule has 0 aromatic heterocycles. The molecule has 1 heterocycles. The van der Waals surface area contributed by atoms with Gasteiger partial charge >= 0.3 is 0 Å². The number of amides is 1. The van der Waals surface area contributed by atoms with Crippen molar-refractivity contribution in [1.82, 2.24) is 5.32 Å². The Morgan fingerprint density at radius 2 is 1.79 bits per heavy atom. The third kappa shape index (κ3) is 2.08. The molecule has 4 aliphatic rings. The van der Waals surface area contributed by atoms with E-state index < -0.39 is 0 Å². The van der Waals surface area contributed by atoms with Crippen molar-refractivity contribution in [1.29, 1.82) is 0 Å². The molecule has 0 spiro atoms. The van der Waals surface area contributed by atoms with Gasteiger partial charge in [-0.1, -0.05) is 20.8 Å². The SMILES string of the molecule is CC(=O)[C@H]1CC[C@H]2[C@@H]3C(C)CC4NC(=O)CC[C@]4(C)[C@H]3CC[C@]12C. The summed E-state index contributed by atoms with van der Waals surface area (Å²) in [6, 6.07) is 0.365. The molecule has 1 saturated heterocycles. The van der Waals surface area contributed by atoms with Gasteiger partial charge in [0.2, 0.25) is 5.91 Å². The quantitative estimate of drug-likeness (QED) is 0.790. The molecule has 0 radical (unpaired) electrons. The molecule has 1 N–H and O–H groups in total. The molecule has 8 atom stereocenters. The van der Waals surface area contributed by atoms with Crippen LogP contribution in [0.3, 0.4) is 0 Å². The second kappa shape index (κ2) is 5.32. The van der Waals surface area contributed by atoms with Gasteiger partial charge in [-0.25, -0.2) is 0 Å². The first-order valence-corrected chi connectivity index (χ1v) is 10.1. The van der Waals surface area contributed by atoms with Crippen LogP contribution in [0.4, 0.5) is 0 Å². The maximum absolute atomic E-state index is 12.2. The van der Waals surface area contributed by atoms with Gasteiger partial charge in [0, 0.05) is 18.4 Å². The predicted molar refractivity (Wildman–Crippen MR) is 94.3 cm³/mol. The van der Waals surface area contributed by atoms with Crippen molar-refractivity contribution in [3.05, 3.63) is 0 Å². The number of hydrogen-bond donors (Lipinski definition) is 1. The van der Waals surface area contributed by atoms with Crippen LogP contribution < -0.4 is 5.32 Å². The van der Waals surface area contributed by atoms with Gasteiger partial charge in [-0.2, -0.15) is 0 Å². The summed E-state index contributed by atoms with van der Waals surface area (Å²) < 4.78 is 0. The fourth-order valence-corrected chi connectivity index (χ4v) is 7.71. The van der Waals surface area contributed by atoms with Crippen molar-refractivity contribution < 1.29 is 9.59 Å². The molecule has 1 aliphatic heterocycles. The molecule has 3 nitrogen and oxygen atoms in total. The summed E-state index contributed by atoms with van der Waals surface area (Å²) in [4.78, 5) is 24.2. The van der Waals surface area contributed by atoms with Crippen LogP contribution in [0.5, 0.6) is 0 Å². The summed E-state index contributed by atoms with van der Waals surface area (Å²) in [5.41, 5.74) is 0.489.